The van der Waals surface area contributed by atoms with Gasteiger partial charge in [-0.25, -0.2) is 8.60 Å². The van der Waals surface area contributed by atoms with Crippen LogP contribution in [0.2, 0.25) is 0 Å². The van der Waals surface area contributed by atoms with Crippen molar-refractivity contribution in [3.63, 3.8) is 0 Å². The van der Waals surface area contributed by atoms with Gasteiger partial charge >= 0.3 is 0 Å². The van der Waals surface area contributed by atoms with Crippen molar-refractivity contribution in [1.82, 2.24) is 0 Å². The Balaban J connectivity index is 2.00. The normalized spacial score (nSPS) is 12.3. The van der Waals surface area contributed by atoms with Gasteiger partial charge in [-0.1, -0.05) is 19.9 Å². The minimum Gasteiger partial charge on any atom is -0.326 e. The molecule has 0 aliphatic rings. The van der Waals surface area contributed by atoms with Crippen LogP contribution < -0.4 is 15.4 Å². The molecule has 2 aromatic rings. The SMILES string of the molecule is CC(C)CC(=O)Nc1cccc(S(=O)Nc2ccc(NC(=O)C(C)(C)CF)cc2)c1. The van der Waals surface area contributed by atoms with E-state index in [-0.39, 0.29) is 11.8 Å². The molecular weight excluding hydrogens is 405 g/mol. The third-order valence-electron chi connectivity index (χ3n) is 4.23. The Labute approximate surface area is 179 Å². The fourth-order valence-electron chi connectivity index (χ4n) is 2.42. The van der Waals surface area contributed by atoms with Crippen molar-refractivity contribution in [2.45, 2.75) is 39.0 Å². The van der Waals surface area contributed by atoms with Crippen molar-refractivity contribution in [3.8, 4) is 0 Å². The summed E-state index contributed by atoms with van der Waals surface area (Å²) in [7, 11) is -1.54. The number of hydrogen-bond donors (Lipinski definition) is 3. The number of carbonyl (C=O) groups is 2. The van der Waals surface area contributed by atoms with Gasteiger partial charge in [0, 0.05) is 23.5 Å². The molecule has 3 N–H and O–H groups in total. The average Bonchev–Trinajstić information content (AvgIpc) is 2.68. The Morgan fingerprint density at radius 3 is 2.23 bits per heavy atom. The number of amides is 2. The molecule has 0 radical (unpaired) electrons. The van der Waals surface area contributed by atoms with Gasteiger partial charge < -0.3 is 15.4 Å². The lowest BCUT2D eigenvalue weighted by atomic mass is 9.94. The Morgan fingerprint density at radius 1 is 1.00 bits per heavy atom. The highest BCUT2D eigenvalue weighted by Crippen LogP contribution is 2.22. The number of benzene rings is 2. The molecule has 162 valence electrons. The van der Waals surface area contributed by atoms with Crippen LogP contribution in [-0.2, 0) is 20.6 Å². The van der Waals surface area contributed by atoms with Gasteiger partial charge in [0.25, 0.3) is 0 Å². The molecule has 2 aromatic carbocycles. The number of halogens is 1. The molecule has 0 aromatic heterocycles. The zero-order valence-corrected chi connectivity index (χ0v) is 18.4. The molecule has 6 nitrogen and oxygen atoms in total. The lowest BCUT2D eigenvalue weighted by Gasteiger charge is -2.19. The fourth-order valence-corrected chi connectivity index (χ4v) is 3.32. The molecule has 0 bridgehead atoms. The molecule has 0 aliphatic carbocycles. The predicted octanol–water partition coefficient (Wildman–Crippen LogP) is 4.74. The topological polar surface area (TPSA) is 87.3 Å². The maximum absolute atomic E-state index is 12.9. The van der Waals surface area contributed by atoms with E-state index in [1.54, 1.807) is 48.5 Å². The van der Waals surface area contributed by atoms with Crippen LogP contribution in [0.25, 0.3) is 0 Å². The van der Waals surface area contributed by atoms with Gasteiger partial charge in [-0.15, -0.1) is 0 Å². The van der Waals surface area contributed by atoms with Crippen molar-refractivity contribution in [3.05, 3.63) is 48.5 Å². The molecule has 1 unspecified atom stereocenters. The maximum Gasteiger partial charge on any atom is 0.232 e. The zero-order valence-electron chi connectivity index (χ0n) is 17.6. The first kappa shape index (κ1) is 23.5. The average molecular weight is 434 g/mol. The Morgan fingerprint density at radius 2 is 1.63 bits per heavy atom. The number of anilines is 3. The molecule has 0 aliphatic heterocycles. The molecule has 0 saturated heterocycles. The van der Waals surface area contributed by atoms with Gasteiger partial charge in [-0.3, -0.25) is 9.59 Å². The van der Waals surface area contributed by atoms with Gasteiger partial charge in [-0.05, 0) is 62.2 Å². The van der Waals surface area contributed by atoms with Crippen LogP contribution in [0.3, 0.4) is 0 Å². The summed E-state index contributed by atoms with van der Waals surface area (Å²) in [6.07, 6.45) is 0.414. The van der Waals surface area contributed by atoms with E-state index in [0.29, 0.717) is 28.4 Å². The molecule has 1 atom stereocenters. The highest BCUT2D eigenvalue weighted by molar-refractivity contribution is 7.86. The van der Waals surface area contributed by atoms with E-state index in [0.717, 1.165) is 0 Å². The number of hydrogen-bond acceptors (Lipinski definition) is 3. The van der Waals surface area contributed by atoms with Crippen molar-refractivity contribution in [2.24, 2.45) is 11.3 Å². The lowest BCUT2D eigenvalue weighted by Crippen LogP contribution is -2.32. The van der Waals surface area contributed by atoms with Crippen LogP contribution in [0.4, 0.5) is 21.5 Å². The molecule has 0 heterocycles. The molecule has 2 amide bonds. The minimum absolute atomic E-state index is 0.0885. The van der Waals surface area contributed by atoms with Crippen LogP contribution in [0.15, 0.2) is 53.4 Å². The number of rotatable bonds is 9. The summed E-state index contributed by atoms with van der Waals surface area (Å²) in [5, 5.41) is 5.47. The summed E-state index contributed by atoms with van der Waals surface area (Å²) >= 11 is 0. The second kappa shape index (κ2) is 10.3. The van der Waals surface area contributed by atoms with Gasteiger partial charge in [0.05, 0.1) is 10.3 Å². The van der Waals surface area contributed by atoms with Crippen molar-refractivity contribution in [1.29, 1.82) is 0 Å². The maximum atomic E-state index is 12.9. The van der Waals surface area contributed by atoms with E-state index in [4.69, 9.17) is 0 Å². The van der Waals surface area contributed by atoms with Crippen LogP contribution in [0.1, 0.15) is 34.1 Å². The highest BCUT2D eigenvalue weighted by Gasteiger charge is 2.27. The first-order valence-electron chi connectivity index (χ1n) is 9.66. The van der Waals surface area contributed by atoms with Crippen LogP contribution >= 0.6 is 0 Å². The van der Waals surface area contributed by atoms with Gasteiger partial charge in [0.1, 0.15) is 17.7 Å². The summed E-state index contributed by atoms with van der Waals surface area (Å²) in [6, 6.07) is 13.5. The molecule has 30 heavy (non-hydrogen) atoms. The van der Waals surface area contributed by atoms with Crippen molar-refractivity contribution >= 4 is 39.9 Å². The van der Waals surface area contributed by atoms with Gasteiger partial charge in [0.15, 0.2) is 0 Å². The number of nitrogens with one attached hydrogen (secondary N) is 3. The van der Waals surface area contributed by atoms with Crippen LogP contribution in [-0.4, -0.2) is 22.7 Å². The highest BCUT2D eigenvalue weighted by atomic mass is 32.2. The molecular formula is C22H28FN3O3S. The zero-order chi connectivity index (χ0) is 22.3. The first-order chi connectivity index (χ1) is 14.1. The second-order valence-corrected chi connectivity index (χ2v) is 9.31. The third-order valence-corrected chi connectivity index (χ3v) is 5.33. The van der Waals surface area contributed by atoms with Crippen LogP contribution in [0, 0.1) is 11.3 Å². The first-order valence-corrected chi connectivity index (χ1v) is 10.8. The summed E-state index contributed by atoms with van der Waals surface area (Å²) < 4.78 is 28.4. The largest absolute Gasteiger partial charge is 0.326 e. The lowest BCUT2D eigenvalue weighted by molar-refractivity contribution is -0.124. The van der Waals surface area contributed by atoms with Gasteiger partial charge in [-0.2, -0.15) is 0 Å². The van der Waals surface area contributed by atoms with Crippen molar-refractivity contribution < 1.29 is 18.2 Å². The van der Waals surface area contributed by atoms with E-state index >= 15 is 0 Å². The molecule has 0 saturated carbocycles. The number of alkyl halides is 1. The van der Waals surface area contributed by atoms with Crippen molar-refractivity contribution in [2.75, 3.05) is 22.0 Å². The second-order valence-electron chi connectivity index (χ2n) is 8.09. The van der Waals surface area contributed by atoms with E-state index in [1.807, 2.05) is 13.8 Å². The minimum atomic E-state index is -1.54. The summed E-state index contributed by atoms with van der Waals surface area (Å²) in [5.41, 5.74) is 0.591. The fraction of sp³-hybridized carbons (Fsp3) is 0.364. The Hall–Kier alpha value is -2.74. The predicted molar refractivity (Wildman–Crippen MR) is 119 cm³/mol. The smallest absolute Gasteiger partial charge is 0.232 e. The Bertz CT molecular complexity index is 914. The third kappa shape index (κ3) is 6.95. The van der Waals surface area contributed by atoms with E-state index in [2.05, 4.69) is 15.4 Å². The standard InChI is InChI=1S/C22H28FN3O3S/c1-15(2)12-20(27)24-18-6-5-7-19(13-18)30(29)26-17-10-8-16(9-11-17)25-21(28)22(3,4)14-23/h5-11,13,15,26H,12,14H2,1-4H3,(H,24,27)(H,25,28). The van der Waals surface area contributed by atoms with E-state index in [9.17, 15) is 18.2 Å². The monoisotopic (exact) mass is 433 g/mol. The molecule has 0 fully saturated rings. The van der Waals surface area contributed by atoms with Crippen LogP contribution in [0.5, 0.6) is 0 Å². The summed E-state index contributed by atoms with van der Waals surface area (Å²) in [4.78, 5) is 24.5. The van der Waals surface area contributed by atoms with Gasteiger partial charge in [0.2, 0.25) is 11.8 Å². The quantitative estimate of drug-likeness (QED) is 0.534. The van der Waals surface area contributed by atoms with E-state index in [1.165, 1.54) is 13.8 Å². The molecule has 0 spiro atoms. The summed E-state index contributed by atoms with van der Waals surface area (Å²) in [6.45, 7) is 6.23. The molecule has 8 heteroatoms. The van der Waals surface area contributed by atoms with E-state index < -0.39 is 29.0 Å². The number of carbonyl (C=O) groups excluding carboxylic acids is 2. The Kier molecular flexibility index (Phi) is 8.11. The molecule has 2 rings (SSSR count). The summed E-state index contributed by atoms with van der Waals surface area (Å²) in [5.74, 6) is -0.250.